The zero-order valence-corrected chi connectivity index (χ0v) is 12.2. The summed E-state index contributed by atoms with van der Waals surface area (Å²) in [4.78, 5) is 1.25. The van der Waals surface area contributed by atoms with Crippen molar-refractivity contribution in [1.29, 1.82) is 0 Å². The van der Waals surface area contributed by atoms with E-state index in [1.54, 1.807) is 11.3 Å². The van der Waals surface area contributed by atoms with Crippen LogP contribution in [0.5, 0.6) is 0 Å². The maximum Gasteiger partial charge on any atom is 0.169 e. The molecule has 0 aliphatic rings. The molecule has 2 heterocycles. The predicted molar refractivity (Wildman–Crippen MR) is 72.2 cm³/mol. The Kier molecular flexibility index (Phi) is 4.21. The Morgan fingerprint density at radius 2 is 2.19 bits per heavy atom. The molecule has 3 N–H and O–H groups in total. The zero-order chi connectivity index (χ0) is 11.5. The van der Waals surface area contributed by atoms with Crippen molar-refractivity contribution in [3.8, 4) is 0 Å². The van der Waals surface area contributed by atoms with Crippen LogP contribution in [-0.2, 0) is 6.42 Å². The highest BCUT2D eigenvalue weighted by Crippen LogP contribution is 2.29. The van der Waals surface area contributed by atoms with Gasteiger partial charge in [0, 0.05) is 15.8 Å². The molecule has 1 atom stereocenters. The van der Waals surface area contributed by atoms with Crippen molar-refractivity contribution in [3.05, 3.63) is 43.4 Å². The van der Waals surface area contributed by atoms with Gasteiger partial charge in [-0.1, -0.05) is 0 Å². The summed E-state index contributed by atoms with van der Waals surface area (Å²) < 4.78 is 7.32. The molecule has 6 heteroatoms. The highest BCUT2D eigenvalue weighted by atomic mass is 79.9. The third-order valence-electron chi connectivity index (χ3n) is 2.22. The Labute approximate surface area is 114 Å². The van der Waals surface area contributed by atoms with E-state index in [0.29, 0.717) is 4.67 Å². The van der Waals surface area contributed by atoms with Crippen LogP contribution in [0.4, 0.5) is 0 Å². The molecule has 0 spiro atoms. The molecule has 0 saturated carbocycles. The van der Waals surface area contributed by atoms with Gasteiger partial charge < -0.3 is 4.42 Å². The zero-order valence-electron chi connectivity index (χ0n) is 8.24. The van der Waals surface area contributed by atoms with Gasteiger partial charge in [0.1, 0.15) is 5.76 Å². The maximum absolute atomic E-state index is 5.54. The summed E-state index contributed by atoms with van der Waals surface area (Å²) in [6, 6.07) is 5.80. The Morgan fingerprint density at radius 3 is 2.69 bits per heavy atom. The van der Waals surface area contributed by atoms with Crippen LogP contribution in [0.2, 0.25) is 0 Å². The van der Waals surface area contributed by atoms with Crippen molar-refractivity contribution in [3.63, 3.8) is 0 Å². The highest BCUT2D eigenvalue weighted by molar-refractivity contribution is 9.10. The van der Waals surface area contributed by atoms with E-state index in [1.165, 1.54) is 4.88 Å². The summed E-state index contributed by atoms with van der Waals surface area (Å²) >= 11 is 8.48. The molecule has 0 amide bonds. The molecule has 1 unspecified atom stereocenters. The number of hydrogen-bond acceptors (Lipinski definition) is 4. The second-order valence-electron chi connectivity index (χ2n) is 3.26. The normalized spacial score (nSPS) is 12.9. The first kappa shape index (κ1) is 12.3. The second-order valence-corrected chi connectivity index (χ2v) is 5.89. The van der Waals surface area contributed by atoms with Gasteiger partial charge in [-0.3, -0.25) is 5.84 Å². The monoisotopic (exact) mass is 364 g/mol. The van der Waals surface area contributed by atoms with Gasteiger partial charge in [0.25, 0.3) is 0 Å². The quantitative estimate of drug-likeness (QED) is 0.642. The Balaban J connectivity index is 2.15. The lowest BCUT2D eigenvalue weighted by atomic mass is 10.1. The van der Waals surface area contributed by atoms with Crippen LogP contribution in [-0.4, -0.2) is 0 Å². The average Bonchev–Trinajstić information content (AvgIpc) is 2.85. The number of nitrogens with one attached hydrogen (secondary N) is 1. The van der Waals surface area contributed by atoms with E-state index in [9.17, 15) is 0 Å². The van der Waals surface area contributed by atoms with E-state index in [2.05, 4.69) is 37.3 Å². The van der Waals surface area contributed by atoms with E-state index in [1.807, 2.05) is 23.6 Å². The Bertz CT molecular complexity index is 469. The summed E-state index contributed by atoms with van der Waals surface area (Å²) in [6.45, 7) is 0. The molecule has 0 aromatic carbocycles. The first-order chi connectivity index (χ1) is 7.70. The van der Waals surface area contributed by atoms with Crippen molar-refractivity contribution in [1.82, 2.24) is 5.43 Å². The van der Waals surface area contributed by atoms with Crippen molar-refractivity contribution in [2.75, 3.05) is 0 Å². The summed E-state index contributed by atoms with van der Waals surface area (Å²) in [5.74, 6) is 6.37. The van der Waals surface area contributed by atoms with Crippen LogP contribution >= 0.6 is 43.2 Å². The molecule has 2 rings (SSSR count). The third kappa shape index (κ3) is 2.75. The lowest BCUT2D eigenvalue weighted by molar-refractivity contribution is 0.406. The van der Waals surface area contributed by atoms with Crippen LogP contribution in [0.15, 0.2) is 37.1 Å². The van der Waals surface area contributed by atoms with E-state index < -0.39 is 0 Å². The van der Waals surface area contributed by atoms with Gasteiger partial charge in [-0.2, -0.15) is 0 Å². The fourth-order valence-electron chi connectivity index (χ4n) is 1.41. The fraction of sp³-hybridized carbons (Fsp3) is 0.200. The Hall–Kier alpha value is -0.140. The van der Waals surface area contributed by atoms with Crippen LogP contribution in [0, 0.1) is 0 Å². The van der Waals surface area contributed by atoms with Crippen molar-refractivity contribution >= 4 is 43.2 Å². The molecule has 2 aromatic heterocycles. The van der Waals surface area contributed by atoms with Gasteiger partial charge in [-0.25, -0.2) is 5.43 Å². The SMILES string of the molecule is NNC(Cc1sccc1Br)c1ccc(Br)o1. The molecule has 2 aromatic rings. The molecule has 0 radical (unpaired) electrons. The number of halogens is 2. The molecule has 0 bridgehead atoms. The van der Waals surface area contributed by atoms with E-state index >= 15 is 0 Å². The van der Waals surface area contributed by atoms with Crippen LogP contribution in [0.3, 0.4) is 0 Å². The first-order valence-corrected chi connectivity index (χ1v) is 7.10. The lowest BCUT2D eigenvalue weighted by Crippen LogP contribution is -2.29. The standard InChI is InChI=1S/C10H10Br2N2OS/c11-6-3-4-16-9(6)5-7(14-13)8-1-2-10(12)15-8/h1-4,7,14H,5,13H2. The second kappa shape index (κ2) is 5.46. The number of thiophene rings is 1. The summed E-state index contributed by atoms with van der Waals surface area (Å²) in [7, 11) is 0. The largest absolute Gasteiger partial charge is 0.453 e. The molecule has 0 fully saturated rings. The molecular formula is C10H10Br2N2OS. The third-order valence-corrected chi connectivity index (χ3v) is 4.59. The minimum atomic E-state index is -0.0127. The van der Waals surface area contributed by atoms with E-state index in [4.69, 9.17) is 10.3 Å². The van der Waals surface area contributed by atoms with Crippen molar-refractivity contribution in [2.24, 2.45) is 5.84 Å². The van der Waals surface area contributed by atoms with Crippen LogP contribution < -0.4 is 11.3 Å². The number of furan rings is 1. The van der Waals surface area contributed by atoms with Gasteiger partial charge in [-0.05, 0) is 55.4 Å². The van der Waals surface area contributed by atoms with Gasteiger partial charge in [0.2, 0.25) is 0 Å². The van der Waals surface area contributed by atoms with Crippen molar-refractivity contribution < 1.29 is 4.42 Å². The smallest absolute Gasteiger partial charge is 0.169 e. The lowest BCUT2D eigenvalue weighted by Gasteiger charge is -2.12. The molecule has 16 heavy (non-hydrogen) atoms. The molecule has 0 aliphatic heterocycles. The maximum atomic E-state index is 5.54. The molecule has 0 aliphatic carbocycles. The number of hydrogen-bond donors (Lipinski definition) is 2. The average molecular weight is 366 g/mol. The van der Waals surface area contributed by atoms with Gasteiger partial charge in [0.05, 0.1) is 6.04 Å². The minimum Gasteiger partial charge on any atom is -0.453 e. The van der Waals surface area contributed by atoms with Gasteiger partial charge in [0.15, 0.2) is 4.67 Å². The number of nitrogens with two attached hydrogens (primary N) is 1. The van der Waals surface area contributed by atoms with E-state index in [0.717, 1.165) is 16.7 Å². The molecule has 86 valence electrons. The van der Waals surface area contributed by atoms with Crippen molar-refractivity contribution in [2.45, 2.75) is 12.5 Å². The summed E-state index contributed by atoms with van der Waals surface area (Å²) in [6.07, 6.45) is 0.800. The van der Waals surface area contributed by atoms with Gasteiger partial charge >= 0.3 is 0 Å². The number of hydrazine groups is 1. The summed E-state index contributed by atoms with van der Waals surface area (Å²) in [5, 5.41) is 2.05. The Morgan fingerprint density at radius 1 is 1.38 bits per heavy atom. The topological polar surface area (TPSA) is 51.2 Å². The van der Waals surface area contributed by atoms with Crippen LogP contribution in [0.1, 0.15) is 16.7 Å². The highest BCUT2D eigenvalue weighted by Gasteiger charge is 2.16. The van der Waals surface area contributed by atoms with Gasteiger partial charge in [-0.15, -0.1) is 11.3 Å². The first-order valence-electron chi connectivity index (χ1n) is 4.64. The predicted octanol–water partition coefficient (Wildman–Crippen LogP) is 3.61. The molecular weight excluding hydrogens is 356 g/mol. The number of rotatable bonds is 4. The summed E-state index contributed by atoms with van der Waals surface area (Å²) in [5.41, 5.74) is 2.77. The molecule has 3 nitrogen and oxygen atoms in total. The fourth-order valence-corrected chi connectivity index (χ4v) is 3.29. The minimum absolute atomic E-state index is 0.0127. The molecule has 0 saturated heterocycles. The van der Waals surface area contributed by atoms with E-state index in [-0.39, 0.29) is 6.04 Å². The van der Waals surface area contributed by atoms with Crippen LogP contribution in [0.25, 0.3) is 0 Å².